The third kappa shape index (κ3) is 9.77. The van der Waals surface area contributed by atoms with Gasteiger partial charge in [0.15, 0.2) is 0 Å². The van der Waals surface area contributed by atoms with Gasteiger partial charge in [-0.1, -0.05) is 43.3 Å². The molecule has 1 heterocycles. The maximum Gasteiger partial charge on any atom is 0.274 e. The number of benzene rings is 2. The van der Waals surface area contributed by atoms with E-state index in [4.69, 9.17) is 5.21 Å². The molecule has 0 spiro atoms. The summed E-state index contributed by atoms with van der Waals surface area (Å²) >= 11 is 0. The second kappa shape index (κ2) is 16.0. The van der Waals surface area contributed by atoms with Gasteiger partial charge >= 0.3 is 0 Å². The second-order valence-corrected chi connectivity index (χ2v) is 10.6. The fraction of sp³-hybridized carbons (Fsp3) is 0.438. The van der Waals surface area contributed by atoms with Gasteiger partial charge in [-0.3, -0.25) is 14.8 Å². The molecular weight excluding hydrogens is 488 g/mol. The van der Waals surface area contributed by atoms with E-state index in [0.717, 1.165) is 62.9 Å². The van der Waals surface area contributed by atoms with Gasteiger partial charge in [0.05, 0.1) is 0 Å². The van der Waals surface area contributed by atoms with Gasteiger partial charge in [-0.2, -0.15) is 0 Å². The lowest BCUT2D eigenvalue weighted by Gasteiger charge is -2.33. The average Bonchev–Trinajstić information content (AvgIpc) is 2.96. The van der Waals surface area contributed by atoms with Crippen LogP contribution in [0.4, 0.5) is 0 Å². The molecule has 1 unspecified atom stereocenters. The lowest BCUT2D eigenvalue weighted by molar-refractivity contribution is -0.104. The number of allylic oxidation sites excluding steroid dienone is 3. The number of rotatable bonds is 14. The van der Waals surface area contributed by atoms with Crippen LogP contribution >= 0.6 is 0 Å². The van der Waals surface area contributed by atoms with Crippen LogP contribution in [0.15, 0.2) is 66.9 Å². The molecule has 1 aliphatic heterocycles. The molecule has 3 rings (SSSR count). The first-order chi connectivity index (χ1) is 18.9. The van der Waals surface area contributed by atoms with Crippen LogP contribution in [0.25, 0.3) is 5.57 Å². The smallest absolute Gasteiger partial charge is 0.274 e. The molecular formula is C32H44N4O3. The van der Waals surface area contributed by atoms with Crippen molar-refractivity contribution in [2.45, 2.75) is 45.1 Å². The van der Waals surface area contributed by atoms with Gasteiger partial charge in [-0.15, -0.1) is 0 Å². The van der Waals surface area contributed by atoms with Crippen molar-refractivity contribution in [3.63, 3.8) is 0 Å². The number of nitrogens with zero attached hydrogens (tertiary/aromatic N) is 2. The van der Waals surface area contributed by atoms with Crippen LogP contribution < -0.4 is 10.8 Å². The highest BCUT2D eigenvalue weighted by Crippen LogP contribution is 2.23. The summed E-state index contributed by atoms with van der Waals surface area (Å²) in [6, 6.07) is 16.3. The fourth-order valence-corrected chi connectivity index (χ4v) is 5.07. The van der Waals surface area contributed by atoms with E-state index in [-0.39, 0.29) is 0 Å². The number of hydroxylamine groups is 1. The zero-order valence-electron chi connectivity index (χ0n) is 23.6. The lowest BCUT2D eigenvalue weighted by Crippen LogP contribution is -2.38. The molecule has 2 aromatic carbocycles. The number of carbonyl (C=O) groups is 2. The van der Waals surface area contributed by atoms with Crippen molar-refractivity contribution < 1.29 is 14.8 Å². The Bertz CT molecular complexity index is 1090. The van der Waals surface area contributed by atoms with E-state index in [1.54, 1.807) is 23.7 Å². The van der Waals surface area contributed by atoms with E-state index in [9.17, 15) is 9.59 Å². The number of likely N-dealkylation sites (tertiary alicyclic amines) is 1. The van der Waals surface area contributed by atoms with E-state index < -0.39 is 5.91 Å². The van der Waals surface area contributed by atoms with Crippen LogP contribution in [0.1, 0.15) is 65.7 Å². The molecule has 0 saturated carbocycles. The summed E-state index contributed by atoms with van der Waals surface area (Å²) in [7, 11) is 3.93. The van der Waals surface area contributed by atoms with Crippen molar-refractivity contribution >= 4 is 17.8 Å². The van der Waals surface area contributed by atoms with Crippen LogP contribution in [-0.2, 0) is 11.2 Å². The number of nitrogens with one attached hydrogen (secondary N) is 2. The van der Waals surface area contributed by atoms with Crippen molar-refractivity contribution in [3.8, 4) is 0 Å². The zero-order chi connectivity index (χ0) is 28.0. The predicted octanol–water partition coefficient (Wildman–Crippen LogP) is 4.85. The van der Waals surface area contributed by atoms with E-state index >= 15 is 0 Å². The van der Waals surface area contributed by atoms with Gasteiger partial charge in [0, 0.05) is 25.7 Å². The van der Waals surface area contributed by atoms with Crippen LogP contribution in [0.2, 0.25) is 0 Å². The summed E-state index contributed by atoms with van der Waals surface area (Å²) in [6.45, 7) is 6.62. The third-order valence-corrected chi connectivity index (χ3v) is 7.47. The topological polar surface area (TPSA) is 84.9 Å². The highest BCUT2D eigenvalue weighted by atomic mass is 16.5. The van der Waals surface area contributed by atoms with E-state index in [0.29, 0.717) is 17.5 Å². The Morgan fingerprint density at radius 3 is 2.33 bits per heavy atom. The van der Waals surface area contributed by atoms with Crippen molar-refractivity contribution in [2.75, 3.05) is 40.3 Å². The lowest BCUT2D eigenvalue weighted by atomic mass is 9.94. The largest absolute Gasteiger partial charge is 0.383 e. The molecule has 39 heavy (non-hydrogen) atoms. The monoisotopic (exact) mass is 532 g/mol. The second-order valence-electron chi connectivity index (χ2n) is 10.6. The minimum atomic E-state index is -0.479. The van der Waals surface area contributed by atoms with Crippen molar-refractivity contribution in [3.05, 3.63) is 89.1 Å². The summed E-state index contributed by atoms with van der Waals surface area (Å²) in [6.07, 6.45) is 11.9. The van der Waals surface area contributed by atoms with Crippen molar-refractivity contribution in [1.29, 1.82) is 0 Å². The van der Waals surface area contributed by atoms with E-state index in [1.807, 2.05) is 43.4 Å². The minimum absolute atomic E-state index is 0.322. The van der Waals surface area contributed by atoms with Gasteiger partial charge in [-0.25, -0.2) is 5.48 Å². The van der Waals surface area contributed by atoms with E-state index in [1.165, 1.54) is 24.0 Å². The Balaban J connectivity index is 1.41. The average molecular weight is 533 g/mol. The fourth-order valence-electron chi connectivity index (χ4n) is 5.07. The predicted molar refractivity (Wildman–Crippen MR) is 158 cm³/mol. The molecule has 0 radical (unpaired) electrons. The van der Waals surface area contributed by atoms with Crippen LogP contribution in [0.3, 0.4) is 0 Å². The SMILES string of the molecule is CCC(NCC1CCN(CCCc2ccc(C(=O)NO)cc2)CC1)c1ccc(C(/C=C\N(C)C)=C/C=O)cc1. The van der Waals surface area contributed by atoms with Gasteiger partial charge < -0.3 is 15.1 Å². The summed E-state index contributed by atoms with van der Waals surface area (Å²) in [5.74, 6) is 0.214. The minimum Gasteiger partial charge on any atom is -0.383 e. The van der Waals surface area contributed by atoms with Gasteiger partial charge in [0.25, 0.3) is 5.91 Å². The molecule has 210 valence electrons. The van der Waals surface area contributed by atoms with Gasteiger partial charge in [-0.05, 0) is 117 Å². The maximum atomic E-state index is 11.4. The Labute approximate surface area is 233 Å². The molecule has 2 aromatic rings. The molecule has 1 fully saturated rings. The first-order valence-electron chi connectivity index (χ1n) is 14.0. The van der Waals surface area contributed by atoms with Crippen LogP contribution in [0.5, 0.6) is 0 Å². The quantitative estimate of drug-likeness (QED) is 0.106. The highest BCUT2D eigenvalue weighted by molar-refractivity contribution is 5.93. The van der Waals surface area contributed by atoms with E-state index in [2.05, 4.69) is 41.4 Å². The maximum absolute atomic E-state index is 11.4. The molecule has 0 bridgehead atoms. The van der Waals surface area contributed by atoms with Crippen molar-refractivity contribution in [1.82, 2.24) is 20.6 Å². The number of aldehydes is 1. The Kier molecular flexibility index (Phi) is 12.4. The molecule has 1 atom stereocenters. The molecule has 1 saturated heterocycles. The summed E-state index contributed by atoms with van der Waals surface area (Å²) in [5.41, 5.74) is 6.57. The van der Waals surface area contributed by atoms with Crippen LogP contribution in [0, 0.1) is 5.92 Å². The first-order valence-corrected chi connectivity index (χ1v) is 14.0. The molecule has 0 aromatic heterocycles. The highest BCUT2D eigenvalue weighted by Gasteiger charge is 2.20. The summed E-state index contributed by atoms with van der Waals surface area (Å²) < 4.78 is 0. The standard InChI is InChI=1S/C32H44N4O3/c1-4-31(29-13-11-27(12-14-29)28(18-23-37)17-20-35(2)3)33-24-26-15-21-36(22-16-26)19-5-6-25-7-9-30(10-8-25)32(38)34-39/h7-14,17-18,20,23,26,31,33,39H,4-6,15-16,19,21-22,24H2,1-3H3,(H,34,38)/b20-17-,28-18+. The molecule has 3 N–H and O–H groups in total. The van der Waals surface area contributed by atoms with Crippen molar-refractivity contribution in [2.24, 2.45) is 5.92 Å². The third-order valence-electron chi connectivity index (χ3n) is 7.47. The van der Waals surface area contributed by atoms with Crippen LogP contribution in [-0.4, -0.2) is 67.5 Å². The molecule has 0 aliphatic carbocycles. The molecule has 1 amide bonds. The number of amides is 1. The Morgan fingerprint density at radius 2 is 1.74 bits per heavy atom. The normalized spacial score (nSPS) is 15.8. The number of hydrogen-bond donors (Lipinski definition) is 3. The van der Waals surface area contributed by atoms with Gasteiger partial charge in [0.1, 0.15) is 6.29 Å². The molecule has 7 heteroatoms. The molecule has 7 nitrogen and oxygen atoms in total. The summed E-state index contributed by atoms with van der Waals surface area (Å²) in [5, 5.41) is 12.5. The number of aryl methyl sites for hydroxylation is 1. The van der Waals surface area contributed by atoms with Gasteiger partial charge in [0.2, 0.25) is 0 Å². The molecule has 1 aliphatic rings. The summed E-state index contributed by atoms with van der Waals surface area (Å²) in [4.78, 5) is 27.1. The number of piperidine rings is 1. The zero-order valence-corrected chi connectivity index (χ0v) is 23.6. The Morgan fingerprint density at radius 1 is 1.08 bits per heavy atom. The number of hydrogen-bond acceptors (Lipinski definition) is 6. The number of carbonyl (C=O) groups excluding carboxylic acids is 2. The first kappa shape index (κ1) is 30.3. The Hall–Kier alpha value is -3.26.